The van der Waals surface area contributed by atoms with Gasteiger partial charge in [0.25, 0.3) is 5.91 Å². The van der Waals surface area contributed by atoms with Gasteiger partial charge in [0, 0.05) is 37.4 Å². The quantitative estimate of drug-likeness (QED) is 0.748. The van der Waals surface area contributed by atoms with Crippen molar-refractivity contribution in [3.63, 3.8) is 0 Å². The molecule has 0 aliphatic rings. The van der Waals surface area contributed by atoms with Crippen LogP contribution in [0.1, 0.15) is 15.9 Å². The topological polar surface area (TPSA) is 61.1 Å². The van der Waals surface area contributed by atoms with E-state index in [9.17, 15) is 4.79 Å². The van der Waals surface area contributed by atoms with Gasteiger partial charge in [-0.3, -0.25) is 4.79 Å². The fraction of sp³-hybridized carbons (Fsp3) is 0.353. The highest BCUT2D eigenvalue weighted by atomic mass is 16.5. The van der Waals surface area contributed by atoms with Gasteiger partial charge in [0.2, 0.25) is 0 Å². The van der Waals surface area contributed by atoms with Crippen molar-refractivity contribution in [3.05, 3.63) is 47.9 Å². The summed E-state index contributed by atoms with van der Waals surface area (Å²) in [7, 11) is 4.71. The van der Waals surface area contributed by atoms with Gasteiger partial charge in [-0.25, -0.2) is 0 Å². The standard InChI is InChI=1S/C17H21NO5/c1-20-7-5-18(11-13-4-6-23-12-13)17(19)14-8-15(21-2)10-16(9-14)22-3/h4,6,8-10,12H,5,7,11H2,1-3H3. The van der Waals surface area contributed by atoms with E-state index in [1.54, 1.807) is 57.0 Å². The van der Waals surface area contributed by atoms with E-state index in [1.165, 1.54) is 0 Å². The molecule has 0 atom stereocenters. The molecule has 6 heteroatoms. The van der Waals surface area contributed by atoms with E-state index in [4.69, 9.17) is 18.6 Å². The number of hydrogen-bond donors (Lipinski definition) is 0. The summed E-state index contributed by atoms with van der Waals surface area (Å²) in [6.07, 6.45) is 3.21. The van der Waals surface area contributed by atoms with Crippen LogP contribution in [0.3, 0.4) is 0 Å². The summed E-state index contributed by atoms with van der Waals surface area (Å²) in [4.78, 5) is 14.5. The molecule has 1 aromatic heterocycles. The third kappa shape index (κ3) is 4.50. The van der Waals surface area contributed by atoms with Crippen LogP contribution in [0.25, 0.3) is 0 Å². The van der Waals surface area contributed by atoms with Gasteiger partial charge in [0.1, 0.15) is 11.5 Å². The molecular weight excluding hydrogens is 298 g/mol. The minimum Gasteiger partial charge on any atom is -0.497 e. The Kier molecular flexibility index (Phi) is 6.05. The van der Waals surface area contributed by atoms with Crippen LogP contribution in [0.4, 0.5) is 0 Å². The fourth-order valence-corrected chi connectivity index (χ4v) is 2.17. The predicted molar refractivity (Wildman–Crippen MR) is 84.9 cm³/mol. The first-order chi connectivity index (χ1) is 11.2. The maximum atomic E-state index is 12.8. The highest BCUT2D eigenvalue weighted by molar-refractivity contribution is 5.95. The summed E-state index contributed by atoms with van der Waals surface area (Å²) in [5, 5.41) is 0. The van der Waals surface area contributed by atoms with Gasteiger partial charge >= 0.3 is 0 Å². The highest BCUT2D eigenvalue weighted by Gasteiger charge is 2.18. The smallest absolute Gasteiger partial charge is 0.254 e. The van der Waals surface area contributed by atoms with Crippen LogP contribution in [0.15, 0.2) is 41.2 Å². The molecule has 0 saturated carbocycles. The maximum absolute atomic E-state index is 12.8. The number of benzene rings is 1. The number of carbonyl (C=O) groups is 1. The average molecular weight is 319 g/mol. The molecule has 0 bridgehead atoms. The maximum Gasteiger partial charge on any atom is 0.254 e. The van der Waals surface area contributed by atoms with Crippen molar-refractivity contribution in [1.82, 2.24) is 4.90 Å². The third-order valence-corrected chi connectivity index (χ3v) is 3.40. The molecular formula is C17H21NO5. The van der Waals surface area contributed by atoms with Crippen molar-refractivity contribution in [2.24, 2.45) is 0 Å². The number of carbonyl (C=O) groups excluding carboxylic acids is 1. The summed E-state index contributed by atoms with van der Waals surface area (Å²) in [5.74, 6) is 1.02. The highest BCUT2D eigenvalue weighted by Crippen LogP contribution is 2.24. The van der Waals surface area contributed by atoms with E-state index < -0.39 is 0 Å². The lowest BCUT2D eigenvalue weighted by molar-refractivity contribution is 0.0679. The van der Waals surface area contributed by atoms with Gasteiger partial charge in [0.15, 0.2) is 0 Å². The third-order valence-electron chi connectivity index (χ3n) is 3.40. The SMILES string of the molecule is COCCN(Cc1ccoc1)C(=O)c1cc(OC)cc(OC)c1. The van der Waals surface area contributed by atoms with E-state index >= 15 is 0 Å². The Morgan fingerprint density at radius 1 is 1.13 bits per heavy atom. The van der Waals surface area contributed by atoms with Crippen LogP contribution in [0.2, 0.25) is 0 Å². The van der Waals surface area contributed by atoms with Crippen LogP contribution < -0.4 is 9.47 Å². The van der Waals surface area contributed by atoms with E-state index in [-0.39, 0.29) is 5.91 Å². The van der Waals surface area contributed by atoms with Crippen molar-refractivity contribution in [1.29, 1.82) is 0 Å². The van der Waals surface area contributed by atoms with Gasteiger partial charge in [-0.15, -0.1) is 0 Å². The van der Waals surface area contributed by atoms with Crippen LogP contribution in [0, 0.1) is 0 Å². The molecule has 0 fully saturated rings. The Labute approximate surface area is 135 Å². The van der Waals surface area contributed by atoms with Crippen LogP contribution in [0.5, 0.6) is 11.5 Å². The lowest BCUT2D eigenvalue weighted by Gasteiger charge is -2.22. The lowest BCUT2D eigenvalue weighted by Crippen LogP contribution is -2.33. The number of ether oxygens (including phenoxy) is 3. The van der Waals surface area contributed by atoms with Crippen molar-refractivity contribution in [2.75, 3.05) is 34.5 Å². The van der Waals surface area contributed by atoms with Crippen LogP contribution >= 0.6 is 0 Å². The Balaban J connectivity index is 2.24. The van der Waals surface area contributed by atoms with Crippen molar-refractivity contribution < 1.29 is 23.4 Å². The molecule has 1 amide bonds. The van der Waals surface area contributed by atoms with Gasteiger partial charge < -0.3 is 23.5 Å². The monoisotopic (exact) mass is 319 g/mol. The van der Waals surface area contributed by atoms with Gasteiger partial charge in [-0.1, -0.05) is 0 Å². The van der Waals surface area contributed by atoms with Crippen molar-refractivity contribution in [3.8, 4) is 11.5 Å². The Morgan fingerprint density at radius 3 is 2.35 bits per heavy atom. The molecule has 23 heavy (non-hydrogen) atoms. The van der Waals surface area contributed by atoms with E-state index in [0.717, 1.165) is 5.56 Å². The second-order valence-electron chi connectivity index (χ2n) is 4.95. The number of rotatable bonds is 8. The van der Waals surface area contributed by atoms with Crippen molar-refractivity contribution in [2.45, 2.75) is 6.54 Å². The number of nitrogens with zero attached hydrogens (tertiary/aromatic N) is 1. The molecule has 2 rings (SSSR count). The predicted octanol–water partition coefficient (Wildman–Crippen LogP) is 2.59. The number of hydrogen-bond acceptors (Lipinski definition) is 5. The lowest BCUT2D eigenvalue weighted by atomic mass is 10.1. The second kappa shape index (κ2) is 8.24. The molecule has 124 valence electrons. The van der Waals surface area contributed by atoms with Crippen LogP contribution in [-0.4, -0.2) is 45.3 Å². The zero-order chi connectivity index (χ0) is 16.7. The summed E-state index contributed by atoms with van der Waals surface area (Å²) in [5.41, 5.74) is 1.42. The van der Waals surface area contributed by atoms with E-state index in [2.05, 4.69) is 0 Å². The molecule has 0 N–H and O–H groups in total. The zero-order valence-corrected chi connectivity index (χ0v) is 13.6. The first kappa shape index (κ1) is 16.9. The first-order valence-corrected chi connectivity index (χ1v) is 7.20. The van der Waals surface area contributed by atoms with E-state index in [1.807, 2.05) is 6.07 Å². The molecule has 0 aliphatic heterocycles. The molecule has 0 radical (unpaired) electrons. The molecule has 1 heterocycles. The molecule has 0 aliphatic carbocycles. The number of methoxy groups -OCH3 is 3. The first-order valence-electron chi connectivity index (χ1n) is 7.20. The van der Waals surface area contributed by atoms with E-state index in [0.29, 0.717) is 36.8 Å². The van der Waals surface area contributed by atoms with Crippen molar-refractivity contribution >= 4 is 5.91 Å². The Morgan fingerprint density at radius 2 is 1.83 bits per heavy atom. The molecule has 0 spiro atoms. The average Bonchev–Trinajstić information content (AvgIpc) is 3.10. The van der Waals surface area contributed by atoms with Crippen LogP contribution in [-0.2, 0) is 11.3 Å². The molecule has 1 aromatic carbocycles. The fourth-order valence-electron chi connectivity index (χ4n) is 2.17. The summed E-state index contributed by atoms with van der Waals surface area (Å²) >= 11 is 0. The molecule has 0 unspecified atom stereocenters. The normalized spacial score (nSPS) is 10.4. The summed E-state index contributed by atoms with van der Waals surface area (Å²) in [6, 6.07) is 6.95. The van der Waals surface area contributed by atoms with Gasteiger partial charge in [0.05, 0.1) is 33.4 Å². The second-order valence-corrected chi connectivity index (χ2v) is 4.95. The number of amides is 1. The summed E-state index contributed by atoms with van der Waals surface area (Å²) in [6.45, 7) is 1.36. The minimum atomic E-state index is -0.125. The molecule has 6 nitrogen and oxygen atoms in total. The molecule has 0 saturated heterocycles. The van der Waals surface area contributed by atoms with Gasteiger partial charge in [-0.2, -0.15) is 0 Å². The summed E-state index contributed by atoms with van der Waals surface area (Å²) < 4.78 is 20.6. The molecule has 2 aromatic rings. The minimum absolute atomic E-state index is 0.125. The Bertz CT molecular complexity index is 602. The largest absolute Gasteiger partial charge is 0.497 e. The zero-order valence-electron chi connectivity index (χ0n) is 13.6. The Hall–Kier alpha value is -2.47. The number of furan rings is 1. The van der Waals surface area contributed by atoms with Gasteiger partial charge in [-0.05, 0) is 18.2 Å².